The first kappa shape index (κ1) is 21.5. The summed E-state index contributed by atoms with van der Waals surface area (Å²) in [5.41, 5.74) is 2.50. The molecule has 0 aliphatic carbocycles. The van der Waals surface area contributed by atoms with E-state index >= 15 is 0 Å². The van der Waals surface area contributed by atoms with Crippen molar-refractivity contribution in [2.75, 3.05) is 32.1 Å². The van der Waals surface area contributed by atoms with Crippen molar-refractivity contribution in [1.82, 2.24) is 19.0 Å². The Hall–Kier alpha value is -2.75. The highest BCUT2D eigenvalue weighted by atomic mass is 32.2. The van der Waals surface area contributed by atoms with E-state index in [9.17, 15) is 13.5 Å². The van der Waals surface area contributed by atoms with Crippen molar-refractivity contribution < 1.29 is 13.5 Å². The fraction of sp³-hybridized carbons (Fsp3) is 0.364. The number of aromatic nitrogens is 2. The lowest BCUT2D eigenvalue weighted by Crippen LogP contribution is -2.48. The lowest BCUT2D eigenvalue weighted by atomic mass is 10.0. The maximum Gasteiger partial charge on any atom is 0.279 e. The number of hydrogen-bond donors (Lipinski definition) is 2. The number of piperidine rings is 1. The second-order valence-electron chi connectivity index (χ2n) is 8.08. The van der Waals surface area contributed by atoms with Crippen LogP contribution in [0.2, 0.25) is 0 Å². The van der Waals surface area contributed by atoms with Crippen LogP contribution in [0.15, 0.2) is 42.5 Å². The Balaban J connectivity index is 1.67. The Morgan fingerprint density at radius 2 is 1.81 bits per heavy atom. The molecule has 4 rings (SSSR count). The molecule has 8 nitrogen and oxygen atoms in total. The summed E-state index contributed by atoms with van der Waals surface area (Å²) in [4.78, 5) is 11.7. The predicted molar refractivity (Wildman–Crippen MR) is 122 cm³/mol. The number of phenols is 1. The number of rotatable bonds is 5. The number of phenolic OH excluding ortho intramolecular Hbond substituents is 1. The molecule has 1 saturated heterocycles. The van der Waals surface area contributed by atoms with Gasteiger partial charge in [0.2, 0.25) is 0 Å². The van der Waals surface area contributed by atoms with Gasteiger partial charge < -0.3 is 10.0 Å². The first-order chi connectivity index (χ1) is 14.7. The van der Waals surface area contributed by atoms with Gasteiger partial charge in [-0.25, -0.2) is 9.97 Å². The van der Waals surface area contributed by atoms with E-state index in [-0.39, 0.29) is 11.8 Å². The van der Waals surface area contributed by atoms with Gasteiger partial charge in [0, 0.05) is 38.6 Å². The topological polar surface area (TPSA) is 98.7 Å². The lowest BCUT2D eigenvalue weighted by molar-refractivity contribution is 0.437. The molecular formula is C22H27N5O3S. The minimum absolute atomic E-state index is 0.114. The number of hydrogen-bond acceptors (Lipinski definition) is 6. The van der Waals surface area contributed by atoms with E-state index in [1.165, 1.54) is 18.4 Å². The summed E-state index contributed by atoms with van der Waals surface area (Å²) in [6.45, 7) is 3.35. The highest BCUT2D eigenvalue weighted by Crippen LogP contribution is 2.33. The summed E-state index contributed by atoms with van der Waals surface area (Å²) < 4.78 is 28.2. The molecule has 3 aromatic rings. The highest BCUT2D eigenvalue weighted by Gasteiger charge is 2.26. The first-order valence-corrected chi connectivity index (χ1v) is 11.7. The van der Waals surface area contributed by atoms with Gasteiger partial charge in [0.15, 0.2) is 5.82 Å². The molecule has 31 heavy (non-hydrogen) atoms. The van der Waals surface area contributed by atoms with Crippen molar-refractivity contribution >= 4 is 26.9 Å². The summed E-state index contributed by atoms with van der Waals surface area (Å²) in [6, 6.07) is 13.0. The van der Waals surface area contributed by atoms with E-state index in [1.54, 1.807) is 18.2 Å². The number of anilines is 1. The number of benzene rings is 2. The number of nitrogens with one attached hydrogen (secondary N) is 1. The maximum atomic E-state index is 12.1. The fourth-order valence-corrected chi connectivity index (χ4v) is 4.64. The van der Waals surface area contributed by atoms with Crippen LogP contribution in [-0.2, 0) is 10.2 Å². The largest absolute Gasteiger partial charge is 0.507 e. The Bertz CT molecular complexity index is 1200. The minimum Gasteiger partial charge on any atom is -0.507 e. The molecule has 0 radical (unpaired) electrons. The standard InChI is InChI=1S/C22H27N5O3S/c1-15-8-9-17-19(14-15)23-21(18-6-4-5-7-20(18)28)24-22(17)27-12-10-16(11-13-27)25-31(29,30)26(2)3/h4-9,14,16,25,28H,10-13H2,1-3H3. The van der Waals surface area contributed by atoms with Gasteiger partial charge in [0.05, 0.1) is 11.1 Å². The van der Waals surface area contributed by atoms with Gasteiger partial charge in [-0.15, -0.1) is 0 Å². The van der Waals surface area contributed by atoms with Crippen molar-refractivity contribution in [3.05, 3.63) is 48.0 Å². The molecule has 0 amide bonds. The molecule has 0 saturated carbocycles. The molecule has 1 aliphatic rings. The molecule has 0 unspecified atom stereocenters. The van der Waals surface area contributed by atoms with Crippen LogP contribution in [0.1, 0.15) is 18.4 Å². The van der Waals surface area contributed by atoms with Gasteiger partial charge in [-0.05, 0) is 49.6 Å². The molecule has 1 fully saturated rings. The molecule has 164 valence electrons. The van der Waals surface area contributed by atoms with Crippen molar-refractivity contribution in [3.8, 4) is 17.1 Å². The molecule has 0 spiro atoms. The maximum absolute atomic E-state index is 12.1. The van der Waals surface area contributed by atoms with Crippen molar-refractivity contribution in [1.29, 1.82) is 0 Å². The van der Waals surface area contributed by atoms with Crippen LogP contribution < -0.4 is 9.62 Å². The van der Waals surface area contributed by atoms with Gasteiger partial charge in [0.25, 0.3) is 10.2 Å². The van der Waals surface area contributed by atoms with E-state index in [0.29, 0.717) is 37.3 Å². The van der Waals surface area contributed by atoms with Crippen LogP contribution in [0.4, 0.5) is 5.82 Å². The first-order valence-electron chi connectivity index (χ1n) is 10.3. The Morgan fingerprint density at radius 1 is 1.10 bits per heavy atom. The third-order valence-corrected chi connectivity index (χ3v) is 7.16. The van der Waals surface area contributed by atoms with E-state index in [0.717, 1.165) is 22.3 Å². The summed E-state index contributed by atoms with van der Waals surface area (Å²) in [5, 5.41) is 11.3. The van der Waals surface area contributed by atoms with Crippen LogP contribution in [0, 0.1) is 6.92 Å². The predicted octanol–water partition coefficient (Wildman–Crippen LogP) is 2.68. The monoisotopic (exact) mass is 441 g/mol. The Kier molecular flexibility index (Phi) is 5.83. The number of nitrogens with zero attached hydrogens (tertiary/aromatic N) is 4. The fourth-order valence-electron chi connectivity index (χ4n) is 3.77. The van der Waals surface area contributed by atoms with E-state index in [4.69, 9.17) is 9.97 Å². The van der Waals surface area contributed by atoms with Crippen LogP contribution in [0.25, 0.3) is 22.3 Å². The third-order valence-electron chi connectivity index (χ3n) is 5.57. The smallest absolute Gasteiger partial charge is 0.279 e. The quantitative estimate of drug-likeness (QED) is 0.632. The van der Waals surface area contributed by atoms with Gasteiger partial charge in [0.1, 0.15) is 11.6 Å². The van der Waals surface area contributed by atoms with Crippen LogP contribution in [0.3, 0.4) is 0 Å². The van der Waals surface area contributed by atoms with Gasteiger partial charge in [-0.1, -0.05) is 18.2 Å². The molecule has 0 bridgehead atoms. The zero-order valence-electron chi connectivity index (χ0n) is 17.9. The highest BCUT2D eigenvalue weighted by molar-refractivity contribution is 7.87. The van der Waals surface area contributed by atoms with Crippen LogP contribution >= 0.6 is 0 Å². The molecule has 1 aromatic heterocycles. The Morgan fingerprint density at radius 3 is 2.48 bits per heavy atom. The average Bonchev–Trinajstić information content (AvgIpc) is 2.73. The van der Waals surface area contributed by atoms with Crippen LogP contribution in [0.5, 0.6) is 5.75 Å². The third kappa shape index (κ3) is 4.48. The normalized spacial score (nSPS) is 15.7. The zero-order chi connectivity index (χ0) is 22.2. The van der Waals surface area contributed by atoms with Crippen molar-refractivity contribution in [3.63, 3.8) is 0 Å². The van der Waals surface area contributed by atoms with Gasteiger partial charge in [-0.3, -0.25) is 0 Å². The summed E-state index contributed by atoms with van der Waals surface area (Å²) in [7, 11) is -0.414. The summed E-state index contributed by atoms with van der Waals surface area (Å²) in [6.07, 6.45) is 1.35. The molecule has 0 atom stereocenters. The minimum atomic E-state index is -3.46. The number of fused-ring (bicyclic) bond motifs is 1. The van der Waals surface area contributed by atoms with Crippen molar-refractivity contribution in [2.24, 2.45) is 0 Å². The average molecular weight is 442 g/mol. The molecule has 2 heterocycles. The molecule has 1 aliphatic heterocycles. The SMILES string of the molecule is Cc1ccc2c(N3CCC(NS(=O)(=O)N(C)C)CC3)nc(-c3ccccc3O)nc2c1. The second kappa shape index (κ2) is 8.41. The number of aromatic hydroxyl groups is 1. The van der Waals surface area contributed by atoms with E-state index in [2.05, 4.69) is 9.62 Å². The number of aryl methyl sites for hydroxylation is 1. The van der Waals surface area contributed by atoms with E-state index < -0.39 is 10.2 Å². The van der Waals surface area contributed by atoms with Gasteiger partial charge in [-0.2, -0.15) is 17.4 Å². The molecule has 2 aromatic carbocycles. The Labute approximate surface area is 182 Å². The molecule has 2 N–H and O–H groups in total. The summed E-state index contributed by atoms with van der Waals surface area (Å²) >= 11 is 0. The zero-order valence-corrected chi connectivity index (χ0v) is 18.7. The van der Waals surface area contributed by atoms with E-state index in [1.807, 2.05) is 31.2 Å². The van der Waals surface area contributed by atoms with Crippen molar-refractivity contribution in [2.45, 2.75) is 25.8 Å². The second-order valence-corrected chi connectivity index (χ2v) is 9.99. The number of para-hydroxylation sites is 1. The molecular weight excluding hydrogens is 414 g/mol. The van der Waals surface area contributed by atoms with Crippen LogP contribution in [-0.4, -0.2) is 61.0 Å². The summed E-state index contributed by atoms with van der Waals surface area (Å²) in [5.74, 6) is 1.41. The molecule has 9 heteroatoms. The van der Waals surface area contributed by atoms with Gasteiger partial charge >= 0.3 is 0 Å². The lowest BCUT2D eigenvalue weighted by Gasteiger charge is -2.34.